The van der Waals surface area contributed by atoms with Crippen LogP contribution in [0.4, 0.5) is 5.69 Å². The maximum absolute atomic E-state index is 12.7. The first kappa shape index (κ1) is 19.8. The summed E-state index contributed by atoms with van der Waals surface area (Å²) in [5.74, 6) is 0.601. The van der Waals surface area contributed by atoms with Crippen LogP contribution in [0, 0.1) is 0 Å². The van der Waals surface area contributed by atoms with Crippen molar-refractivity contribution in [3.8, 4) is 11.4 Å². The number of hydrogen-bond donors (Lipinski definition) is 1. The Bertz CT molecular complexity index is 970. The van der Waals surface area contributed by atoms with Gasteiger partial charge in [0.2, 0.25) is 5.91 Å². The Kier molecular flexibility index (Phi) is 6.20. The van der Waals surface area contributed by atoms with Gasteiger partial charge in [0.05, 0.1) is 5.25 Å². The number of amides is 1. The van der Waals surface area contributed by atoms with Gasteiger partial charge in [-0.2, -0.15) is 0 Å². The second-order valence-corrected chi connectivity index (χ2v) is 7.41. The summed E-state index contributed by atoms with van der Waals surface area (Å²) in [6.07, 6.45) is 4.05. The number of anilines is 1. The van der Waals surface area contributed by atoms with Gasteiger partial charge in [0.15, 0.2) is 16.8 Å². The smallest absolute Gasteiger partial charge is 0.237 e. The summed E-state index contributed by atoms with van der Waals surface area (Å²) in [7, 11) is 1.88. The topological polar surface area (TPSA) is 89.8 Å². The van der Waals surface area contributed by atoms with Crippen molar-refractivity contribution in [2.75, 3.05) is 5.32 Å². The van der Waals surface area contributed by atoms with Gasteiger partial charge in [-0.05, 0) is 49.7 Å². The molecule has 0 bridgehead atoms. The van der Waals surface area contributed by atoms with Crippen molar-refractivity contribution in [3.05, 3.63) is 54.4 Å². The summed E-state index contributed by atoms with van der Waals surface area (Å²) in [6.45, 7) is 3.47. The zero-order chi connectivity index (χ0) is 20.1. The molecule has 0 fully saturated rings. The molecule has 8 heteroatoms. The zero-order valence-electron chi connectivity index (χ0n) is 15.9. The van der Waals surface area contributed by atoms with Crippen LogP contribution in [0.5, 0.6) is 0 Å². The maximum atomic E-state index is 12.7. The number of aromatic nitrogens is 4. The molecule has 2 aromatic heterocycles. The van der Waals surface area contributed by atoms with Gasteiger partial charge in [-0.25, -0.2) is 0 Å². The highest BCUT2D eigenvalue weighted by atomic mass is 32.2. The van der Waals surface area contributed by atoms with Gasteiger partial charge in [0, 0.05) is 36.3 Å². The van der Waals surface area contributed by atoms with Crippen molar-refractivity contribution < 1.29 is 9.59 Å². The van der Waals surface area contributed by atoms with E-state index in [9.17, 15) is 9.59 Å². The fourth-order valence-electron chi connectivity index (χ4n) is 2.63. The third-order valence-electron chi connectivity index (χ3n) is 4.24. The minimum atomic E-state index is -0.319. The van der Waals surface area contributed by atoms with E-state index in [2.05, 4.69) is 20.5 Å². The van der Waals surface area contributed by atoms with Crippen LogP contribution in [0.2, 0.25) is 0 Å². The molecule has 144 valence electrons. The molecule has 2 heterocycles. The van der Waals surface area contributed by atoms with Crippen LogP contribution >= 0.6 is 11.8 Å². The quantitative estimate of drug-likeness (QED) is 0.486. The summed E-state index contributed by atoms with van der Waals surface area (Å²) >= 11 is 1.37. The molecule has 1 atom stereocenters. The van der Waals surface area contributed by atoms with Crippen LogP contribution in [-0.4, -0.2) is 36.7 Å². The molecule has 7 nitrogen and oxygen atoms in total. The van der Waals surface area contributed by atoms with Crippen LogP contribution in [0.1, 0.15) is 30.6 Å². The molecule has 0 aliphatic heterocycles. The summed E-state index contributed by atoms with van der Waals surface area (Å²) in [5, 5.41) is 11.7. The molecular weight excluding hydrogens is 374 g/mol. The lowest BCUT2D eigenvalue weighted by atomic mass is 10.1. The molecule has 3 rings (SSSR count). The highest BCUT2D eigenvalue weighted by Gasteiger charge is 2.22. The third kappa shape index (κ3) is 4.45. The zero-order valence-corrected chi connectivity index (χ0v) is 16.7. The summed E-state index contributed by atoms with van der Waals surface area (Å²) in [6, 6.07) is 10.6. The number of Topliss-reactive ketones (excluding diaryl/α,β-unsaturated/α-hetero) is 1. The molecule has 3 aromatic rings. The first-order chi connectivity index (χ1) is 13.5. The fraction of sp³-hybridized carbons (Fsp3) is 0.250. The van der Waals surface area contributed by atoms with Gasteiger partial charge in [-0.1, -0.05) is 18.7 Å². The Balaban J connectivity index is 1.71. The first-order valence-corrected chi connectivity index (χ1v) is 9.76. The van der Waals surface area contributed by atoms with Crippen LogP contribution in [0.25, 0.3) is 11.4 Å². The number of nitrogens with zero attached hydrogens (tertiary/aromatic N) is 4. The van der Waals surface area contributed by atoms with E-state index in [0.717, 1.165) is 11.4 Å². The lowest BCUT2D eigenvalue weighted by molar-refractivity contribution is -0.115. The number of pyridine rings is 1. The lowest BCUT2D eigenvalue weighted by Crippen LogP contribution is -2.25. The Hall–Kier alpha value is -3.00. The Labute approximate surface area is 167 Å². The number of benzene rings is 1. The minimum Gasteiger partial charge on any atom is -0.325 e. The molecular formula is C20H21N5O2S. The van der Waals surface area contributed by atoms with E-state index >= 15 is 0 Å². The van der Waals surface area contributed by atoms with Gasteiger partial charge in [-0.15, -0.1) is 10.2 Å². The Morgan fingerprint density at radius 1 is 1.11 bits per heavy atom. The number of nitrogens with one attached hydrogen (secondary N) is 1. The second-order valence-electron chi connectivity index (χ2n) is 6.24. The largest absolute Gasteiger partial charge is 0.325 e. The van der Waals surface area contributed by atoms with E-state index < -0.39 is 0 Å². The number of hydrogen-bond acceptors (Lipinski definition) is 6. The van der Waals surface area contributed by atoms with Crippen molar-refractivity contribution in [2.24, 2.45) is 7.05 Å². The van der Waals surface area contributed by atoms with E-state index in [1.807, 2.05) is 30.7 Å². The molecule has 0 saturated heterocycles. The molecule has 1 N–H and O–H groups in total. The highest BCUT2D eigenvalue weighted by molar-refractivity contribution is 8.00. The van der Waals surface area contributed by atoms with Crippen molar-refractivity contribution in [1.29, 1.82) is 0 Å². The minimum absolute atomic E-state index is 0.00727. The van der Waals surface area contributed by atoms with Crippen LogP contribution in [0.15, 0.2) is 53.9 Å². The molecule has 28 heavy (non-hydrogen) atoms. The molecule has 1 aromatic carbocycles. The highest BCUT2D eigenvalue weighted by Crippen LogP contribution is 2.27. The van der Waals surface area contributed by atoms with Crippen LogP contribution in [-0.2, 0) is 11.8 Å². The predicted octanol–water partition coefficient (Wildman–Crippen LogP) is 3.59. The molecule has 0 aliphatic rings. The Morgan fingerprint density at radius 3 is 2.39 bits per heavy atom. The van der Waals surface area contributed by atoms with Crippen molar-refractivity contribution in [2.45, 2.75) is 30.7 Å². The second kappa shape index (κ2) is 8.79. The average molecular weight is 395 g/mol. The van der Waals surface area contributed by atoms with E-state index in [4.69, 9.17) is 0 Å². The molecule has 0 saturated carbocycles. The maximum Gasteiger partial charge on any atom is 0.237 e. The average Bonchev–Trinajstić information content (AvgIpc) is 3.07. The van der Waals surface area contributed by atoms with Gasteiger partial charge in [0.1, 0.15) is 0 Å². The SMILES string of the molecule is CCC(Sc1nnc(-c2ccncc2)n1C)C(=O)Nc1ccc(C(C)=O)cc1. The van der Waals surface area contributed by atoms with Gasteiger partial charge in [-0.3, -0.25) is 14.6 Å². The van der Waals surface area contributed by atoms with Crippen LogP contribution < -0.4 is 5.32 Å². The number of rotatable bonds is 7. The van der Waals surface area contributed by atoms with Gasteiger partial charge in [0.25, 0.3) is 0 Å². The summed E-state index contributed by atoms with van der Waals surface area (Å²) < 4.78 is 1.87. The van der Waals surface area contributed by atoms with Crippen molar-refractivity contribution >= 4 is 29.1 Å². The summed E-state index contributed by atoms with van der Waals surface area (Å²) in [4.78, 5) is 28.1. The lowest BCUT2D eigenvalue weighted by Gasteiger charge is -2.14. The standard InChI is InChI=1S/C20H21N5O2S/c1-4-17(19(27)22-16-7-5-14(6-8-16)13(2)26)28-20-24-23-18(25(20)3)15-9-11-21-12-10-15/h5-12,17H,4H2,1-3H3,(H,22,27). The Morgan fingerprint density at radius 2 is 1.79 bits per heavy atom. The van der Waals surface area contributed by atoms with E-state index in [1.165, 1.54) is 18.7 Å². The number of carbonyl (C=O) groups is 2. The van der Waals surface area contributed by atoms with Gasteiger partial charge < -0.3 is 9.88 Å². The van der Waals surface area contributed by atoms with E-state index in [-0.39, 0.29) is 16.9 Å². The van der Waals surface area contributed by atoms with Gasteiger partial charge >= 0.3 is 0 Å². The number of carbonyl (C=O) groups excluding carboxylic acids is 2. The normalized spacial score (nSPS) is 11.8. The molecule has 1 amide bonds. The van der Waals surface area contributed by atoms with E-state index in [1.54, 1.807) is 36.7 Å². The summed E-state index contributed by atoms with van der Waals surface area (Å²) in [5.41, 5.74) is 2.19. The molecule has 0 spiro atoms. The first-order valence-electron chi connectivity index (χ1n) is 8.88. The number of ketones is 1. The van der Waals surface area contributed by atoms with Crippen molar-refractivity contribution in [1.82, 2.24) is 19.7 Å². The predicted molar refractivity (Wildman–Crippen MR) is 109 cm³/mol. The fourth-order valence-corrected chi connectivity index (χ4v) is 3.55. The van der Waals surface area contributed by atoms with E-state index in [0.29, 0.717) is 22.8 Å². The molecule has 0 radical (unpaired) electrons. The number of thioether (sulfide) groups is 1. The van der Waals surface area contributed by atoms with Crippen LogP contribution in [0.3, 0.4) is 0 Å². The monoisotopic (exact) mass is 395 g/mol. The molecule has 0 aliphatic carbocycles. The third-order valence-corrected chi connectivity index (χ3v) is 5.64. The molecule has 1 unspecified atom stereocenters. The van der Waals surface area contributed by atoms with Crippen molar-refractivity contribution in [3.63, 3.8) is 0 Å².